The lowest BCUT2D eigenvalue weighted by molar-refractivity contribution is 0.411. The number of halogens is 2. The highest BCUT2D eigenvalue weighted by Gasteiger charge is 2.28. The van der Waals surface area contributed by atoms with Gasteiger partial charge in [0.25, 0.3) is 0 Å². The standard InChI is InChI=1S/C11H11ClFNO/c1-11(2,6-14)9-7(13)4-5-8(15-3)10(9)12/h4-5H,1-3H3. The van der Waals surface area contributed by atoms with Crippen molar-refractivity contribution >= 4 is 11.6 Å². The third-order valence-electron chi connectivity index (χ3n) is 2.18. The second-order valence-electron chi connectivity index (χ2n) is 3.68. The van der Waals surface area contributed by atoms with E-state index in [1.54, 1.807) is 13.8 Å². The summed E-state index contributed by atoms with van der Waals surface area (Å²) in [5.74, 6) is -0.122. The van der Waals surface area contributed by atoms with Crippen molar-refractivity contribution < 1.29 is 9.13 Å². The average Bonchev–Trinajstić information content (AvgIpc) is 2.18. The minimum atomic E-state index is -0.976. The summed E-state index contributed by atoms with van der Waals surface area (Å²) in [5, 5.41) is 9.10. The molecule has 0 aromatic heterocycles. The molecule has 1 rings (SSSR count). The molecule has 0 fully saturated rings. The zero-order chi connectivity index (χ0) is 11.6. The van der Waals surface area contributed by atoms with Crippen LogP contribution in [0.2, 0.25) is 5.02 Å². The summed E-state index contributed by atoms with van der Waals surface area (Å²) in [6.07, 6.45) is 0. The first-order valence-electron chi connectivity index (χ1n) is 4.37. The van der Waals surface area contributed by atoms with Crippen LogP contribution in [-0.2, 0) is 5.41 Å². The molecule has 0 N–H and O–H groups in total. The Kier molecular flexibility index (Phi) is 3.21. The number of hydrogen-bond acceptors (Lipinski definition) is 2. The summed E-state index contributed by atoms with van der Waals surface area (Å²) in [5.41, 5.74) is -0.804. The zero-order valence-corrected chi connectivity index (χ0v) is 9.52. The molecule has 0 saturated carbocycles. The highest BCUT2D eigenvalue weighted by Crippen LogP contribution is 2.37. The second-order valence-corrected chi connectivity index (χ2v) is 4.05. The Morgan fingerprint density at radius 2 is 2.07 bits per heavy atom. The molecule has 0 spiro atoms. The number of rotatable bonds is 2. The molecule has 0 heterocycles. The van der Waals surface area contributed by atoms with Gasteiger partial charge in [0, 0.05) is 5.56 Å². The van der Waals surface area contributed by atoms with E-state index in [2.05, 4.69) is 0 Å². The van der Waals surface area contributed by atoms with Crippen molar-refractivity contribution in [2.45, 2.75) is 19.3 Å². The summed E-state index contributed by atoms with van der Waals surface area (Å²) in [7, 11) is 1.45. The van der Waals surface area contributed by atoms with Gasteiger partial charge in [0.05, 0.1) is 23.6 Å². The number of nitrogens with zero attached hydrogens (tertiary/aromatic N) is 1. The highest BCUT2D eigenvalue weighted by atomic mass is 35.5. The lowest BCUT2D eigenvalue weighted by atomic mass is 9.86. The Hall–Kier alpha value is -1.27. The van der Waals surface area contributed by atoms with Crippen LogP contribution in [0.5, 0.6) is 5.75 Å². The van der Waals surface area contributed by atoms with Crippen molar-refractivity contribution in [1.29, 1.82) is 5.26 Å². The van der Waals surface area contributed by atoms with Crippen molar-refractivity contribution in [3.05, 3.63) is 28.5 Å². The van der Waals surface area contributed by atoms with Crippen molar-refractivity contribution in [3.63, 3.8) is 0 Å². The van der Waals surface area contributed by atoms with Crippen molar-refractivity contribution in [2.75, 3.05) is 7.11 Å². The molecule has 4 heteroatoms. The predicted octanol–water partition coefficient (Wildman–Crippen LogP) is 3.29. The summed E-state index contributed by atoms with van der Waals surface area (Å²) in [6, 6.07) is 4.70. The molecule has 1 aromatic rings. The first-order chi connectivity index (χ1) is 6.94. The second kappa shape index (κ2) is 4.08. The highest BCUT2D eigenvalue weighted by molar-refractivity contribution is 6.33. The molecule has 1 aromatic carbocycles. The van der Waals surface area contributed by atoms with Crippen molar-refractivity contribution in [2.24, 2.45) is 0 Å². The average molecular weight is 228 g/mol. The van der Waals surface area contributed by atoms with Gasteiger partial charge in [0.2, 0.25) is 0 Å². The molecule has 0 radical (unpaired) electrons. The molecule has 0 atom stereocenters. The van der Waals surface area contributed by atoms with E-state index in [1.165, 1.54) is 19.2 Å². The lowest BCUT2D eigenvalue weighted by Crippen LogP contribution is -2.17. The van der Waals surface area contributed by atoms with Gasteiger partial charge in [-0.1, -0.05) is 11.6 Å². The minimum Gasteiger partial charge on any atom is -0.495 e. The molecule has 0 unspecified atom stereocenters. The Balaban J connectivity index is 3.48. The van der Waals surface area contributed by atoms with E-state index in [-0.39, 0.29) is 10.6 Å². The van der Waals surface area contributed by atoms with Crippen LogP contribution < -0.4 is 4.74 Å². The summed E-state index contributed by atoms with van der Waals surface area (Å²) < 4.78 is 18.5. The fourth-order valence-electron chi connectivity index (χ4n) is 1.32. The maximum atomic E-state index is 13.6. The van der Waals surface area contributed by atoms with Gasteiger partial charge in [-0.05, 0) is 26.0 Å². The molecule has 0 saturated heterocycles. The Bertz CT molecular complexity index is 423. The van der Waals surface area contributed by atoms with Crippen LogP contribution >= 0.6 is 11.6 Å². The Labute approximate surface area is 93.2 Å². The topological polar surface area (TPSA) is 33.0 Å². The largest absolute Gasteiger partial charge is 0.495 e. The van der Waals surface area contributed by atoms with E-state index in [4.69, 9.17) is 21.6 Å². The quantitative estimate of drug-likeness (QED) is 0.777. The van der Waals surface area contributed by atoms with Crippen LogP contribution in [0.4, 0.5) is 4.39 Å². The lowest BCUT2D eigenvalue weighted by Gasteiger charge is -2.19. The fourth-order valence-corrected chi connectivity index (χ4v) is 1.79. The molecule has 80 valence electrons. The normalized spacial score (nSPS) is 10.9. The van der Waals surface area contributed by atoms with Crippen LogP contribution in [0.15, 0.2) is 12.1 Å². The van der Waals surface area contributed by atoms with Crippen LogP contribution in [0.25, 0.3) is 0 Å². The monoisotopic (exact) mass is 227 g/mol. The van der Waals surface area contributed by atoms with Gasteiger partial charge in [-0.25, -0.2) is 4.39 Å². The van der Waals surface area contributed by atoms with E-state index in [0.29, 0.717) is 5.75 Å². The molecule has 15 heavy (non-hydrogen) atoms. The summed E-state index contributed by atoms with van der Waals surface area (Å²) in [4.78, 5) is 0. The number of methoxy groups -OCH3 is 1. The van der Waals surface area contributed by atoms with Crippen LogP contribution in [0, 0.1) is 17.1 Å². The molecular formula is C11H11ClFNO. The number of benzene rings is 1. The summed E-state index contributed by atoms with van der Waals surface area (Å²) in [6.45, 7) is 3.22. The molecule has 0 aliphatic rings. The van der Waals surface area contributed by atoms with Crippen LogP contribution in [0.1, 0.15) is 19.4 Å². The maximum Gasteiger partial charge on any atom is 0.138 e. The third-order valence-corrected chi connectivity index (χ3v) is 2.56. The Morgan fingerprint density at radius 1 is 1.47 bits per heavy atom. The number of nitriles is 1. The van der Waals surface area contributed by atoms with Gasteiger partial charge >= 0.3 is 0 Å². The molecule has 0 aliphatic heterocycles. The van der Waals surface area contributed by atoms with Gasteiger partial charge in [-0.2, -0.15) is 5.26 Å². The zero-order valence-electron chi connectivity index (χ0n) is 8.77. The van der Waals surface area contributed by atoms with Gasteiger partial charge in [-0.3, -0.25) is 0 Å². The van der Waals surface area contributed by atoms with Gasteiger partial charge in [0.15, 0.2) is 0 Å². The smallest absolute Gasteiger partial charge is 0.138 e. The molecular weight excluding hydrogens is 217 g/mol. The SMILES string of the molecule is COc1ccc(F)c(C(C)(C)C#N)c1Cl. The van der Waals surface area contributed by atoms with Crippen LogP contribution in [-0.4, -0.2) is 7.11 Å². The third kappa shape index (κ3) is 2.05. The number of hydrogen-bond donors (Lipinski definition) is 0. The molecule has 0 amide bonds. The van der Waals surface area contributed by atoms with Crippen molar-refractivity contribution in [1.82, 2.24) is 0 Å². The molecule has 2 nitrogen and oxygen atoms in total. The maximum absolute atomic E-state index is 13.6. The van der Waals surface area contributed by atoms with Crippen molar-refractivity contribution in [3.8, 4) is 11.8 Å². The minimum absolute atomic E-state index is 0.157. The first kappa shape index (κ1) is 11.8. The number of ether oxygens (including phenoxy) is 1. The Morgan fingerprint density at radius 3 is 2.53 bits per heavy atom. The first-order valence-corrected chi connectivity index (χ1v) is 4.75. The fraction of sp³-hybridized carbons (Fsp3) is 0.364. The molecule has 0 aliphatic carbocycles. The van der Waals surface area contributed by atoms with E-state index >= 15 is 0 Å². The van der Waals surface area contributed by atoms with Gasteiger partial charge in [0.1, 0.15) is 11.6 Å². The molecule has 0 bridgehead atoms. The summed E-state index contributed by atoms with van der Waals surface area (Å²) >= 11 is 5.96. The van der Waals surface area contributed by atoms with Gasteiger partial charge in [-0.15, -0.1) is 0 Å². The van der Waals surface area contributed by atoms with Gasteiger partial charge < -0.3 is 4.74 Å². The van der Waals surface area contributed by atoms with E-state index < -0.39 is 11.2 Å². The van der Waals surface area contributed by atoms with Crippen LogP contribution in [0.3, 0.4) is 0 Å². The van der Waals surface area contributed by atoms with E-state index in [1.807, 2.05) is 6.07 Å². The van der Waals surface area contributed by atoms with E-state index in [0.717, 1.165) is 0 Å². The van der Waals surface area contributed by atoms with E-state index in [9.17, 15) is 4.39 Å². The predicted molar refractivity (Wildman–Crippen MR) is 56.6 cm³/mol.